The molecule has 0 aliphatic carbocycles. The molecule has 1 aromatic heterocycles. The number of hydrogen-bond donors (Lipinski definition) is 7. The average Bonchev–Trinajstić information content (AvgIpc) is 0.805. The summed E-state index contributed by atoms with van der Waals surface area (Å²) in [6.07, 6.45) is 7.05. The molecule has 27 nitrogen and oxygen atoms in total. The molecule has 1 saturated heterocycles. The minimum Gasteiger partial charge on any atom is -0.395 e. The summed E-state index contributed by atoms with van der Waals surface area (Å²) in [4.78, 5) is 175. The van der Waals surface area contributed by atoms with Crippen LogP contribution in [-0.2, 0) is 52.7 Å². The number of anilines is 1. The summed E-state index contributed by atoms with van der Waals surface area (Å²) in [5.74, 6) is -9.71. The lowest BCUT2D eigenvalue weighted by atomic mass is 9.91. The molecule has 3 rings (SSSR count). The van der Waals surface area contributed by atoms with Crippen molar-refractivity contribution in [2.75, 3.05) is 87.4 Å². The summed E-state index contributed by atoms with van der Waals surface area (Å²) >= 11 is 6.03. The zero-order valence-corrected chi connectivity index (χ0v) is 70.7. The third-order valence-electron chi connectivity index (χ3n) is 20.2. The molecule has 28 heteroatoms. The van der Waals surface area contributed by atoms with Crippen LogP contribution in [0.15, 0.2) is 42.6 Å². The van der Waals surface area contributed by atoms with Crippen LogP contribution in [0.1, 0.15) is 183 Å². The van der Waals surface area contributed by atoms with Crippen LogP contribution in [0.25, 0.3) is 10.9 Å². The molecule has 0 bridgehead atoms. The maximum absolute atomic E-state index is 15.1. The molecule has 11 amide bonds. The Balaban J connectivity index is 0.00000145. The molecule has 0 radical (unpaired) electrons. The number of allylic oxidation sites excluding steroid dienone is 2. The fraction of sp³-hybridized carbons (Fsp3) is 0.725. The number of nitrogens with zero attached hydrogens (tertiary/aromatic N) is 9. The van der Waals surface area contributed by atoms with Crippen LogP contribution in [0.4, 0.5) is 5.69 Å². The predicted octanol–water partition coefficient (Wildman–Crippen LogP) is 7.05. The molecular formula is C80H137ClN14O13. The Labute approximate surface area is 650 Å². The monoisotopic (exact) mass is 1540 g/mol. The largest absolute Gasteiger partial charge is 0.395 e. The van der Waals surface area contributed by atoms with Gasteiger partial charge in [0.25, 0.3) is 0 Å². The highest BCUT2D eigenvalue weighted by Gasteiger charge is 2.46. The molecule has 0 saturated carbocycles. The quantitative estimate of drug-likeness (QED) is 0.0518. The summed E-state index contributed by atoms with van der Waals surface area (Å²) < 4.78 is 0. The normalized spacial score (nSPS) is 23.9. The number of pyridine rings is 1. The molecule has 1 aliphatic heterocycles. The molecule has 13 atom stereocenters. The Bertz CT molecular complexity index is 3300. The smallest absolute Gasteiger partial charge is 0.246 e. The number of benzene rings is 1. The van der Waals surface area contributed by atoms with Gasteiger partial charge in [0.2, 0.25) is 65.0 Å². The van der Waals surface area contributed by atoms with Gasteiger partial charge in [0.1, 0.15) is 60.4 Å². The number of aromatic nitrogens is 1. The molecule has 1 unspecified atom stereocenters. The van der Waals surface area contributed by atoms with Crippen LogP contribution in [-0.4, -0.2) is 274 Å². The number of aliphatic hydroxyl groups excluding tert-OH is 2. The lowest BCUT2D eigenvalue weighted by Gasteiger charge is -2.41. The third-order valence-corrected chi connectivity index (χ3v) is 20.4. The SMILES string of the molecule is C/C=C/C[C@@H](C)[C@@H](O)[C@H]1C(=O)N[C@@H](CC)C(=O)N(C)CC(=O)N(C)[C@@H](CC(C)C)C(=O)N[C@@H](C(C)C)C(=O)N(C)[C@@H](CC(C)C)C(=O)N[C@@H](C)C(=O)N[C@H](C)C(=O)N(C)[C@@H](CC(C)C)C(=O)N(C)[C@@H](CC(C)C)C(=O)N(C)[C@@H](C(C)C)C(=O)N1C.CCN(CCO)CCCC(C)Nc1ccnc2cc(Cl)ccc12. The summed E-state index contributed by atoms with van der Waals surface area (Å²) in [7, 11) is 9.92. The van der Waals surface area contributed by atoms with Crippen LogP contribution < -0.4 is 26.6 Å². The average molecular weight is 1540 g/mol. The lowest BCUT2D eigenvalue weighted by Crippen LogP contribution is -2.63. The Morgan fingerprint density at radius 2 is 1.07 bits per heavy atom. The topological polar surface area (TPSA) is 327 Å². The summed E-state index contributed by atoms with van der Waals surface area (Å²) in [5.41, 5.74) is 2.01. The van der Waals surface area contributed by atoms with Crippen LogP contribution >= 0.6 is 11.6 Å². The minimum absolute atomic E-state index is 0.0229. The summed E-state index contributed by atoms with van der Waals surface area (Å²) in [5, 5.41) is 37.5. The van der Waals surface area contributed by atoms with Gasteiger partial charge in [0, 0.05) is 84.2 Å². The zero-order chi connectivity index (χ0) is 82.6. The van der Waals surface area contributed by atoms with Crippen molar-refractivity contribution in [2.24, 2.45) is 41.4 Å². The first-order valence-electron chi connectivity index (χ1n) is 38.8. The van der Waals surface area contributed by atoms with Crippen molar-refractivity contribution < 1.29 is 63.0 Å². The highest BCUT2D eigenvalue weighted by atomic mass is 35.5. The highest BCUT2D eigenvalue weighted by molar-refractivity contribution is 6.31. The number of amides is 11. The van der Waals surface area contributed by atoms with E-state index in [2.05, 4.69) is 50.3 Å². The van der Waals surface area contributed by atoms with Crippen LogP contribution in [0.5, 0.6) is 0 Å². The predicted molar refractivity (Wildman–Crippen MR) is 427 cm³/mol. The maximum Gasteiger partial charge on any atom is 0.246 e. The van der Waals surface area contributed by atoms with E-state index in [1.807, 2.05) is 91.9 Å². The van der Waals surface area contributed by atoms with Crippen molar-refractivity contribution in [3.05, 3.63) is 47.6 Å². The van der Waals surface area contributed by atoms with E-state index in [1.54, 1.807) is 54.5 Å². The number of likely N-dealkylation sites (N-methyl/N-ethyl adjacent to an activating group) is 8. The van der Waals surface area contributed by atoms with Crippen molar-refractivity contribution >= 4 is 93.2 Å². The Morgan fingerprint density at radius 1 is 0.574 bits per heavy atom. The third kappa shape index (κ3) is 28.7. The second-order valence-corrected chi connectivity index (χ2v) is 32.4. The van der Waals surface area contributed by atoms with Crippen molar-refractivity contribution in [3.8, 4) is 0 Å². The van der Waals surface area contributed by atoms with Crippen molar-refractivity contribution in [1.82, 2.24) is 65.5 Å². The number of carbonyl (C=O) groups excluding carboxylic acids is 11. The number of halogens is 1. The second-order valence-electron chi connectivity index (χ2n) is 32.0. The van der Waals surface area contributed by atoms with Gasteiger partial charge in [-0.25, -0.2) is 0 Å². The summed E-state index contributed by atoms with van der Waals surface area (Å²) in [6, 6.07) is -4.14. The van der Waals surface area contributed by atoms with Gasteiger partial charge in [-0.15, -0.1) is 0 Å². The number of carbonyl (C=O) groups is 11. The summed E-state index contributed by atoms with van der Waals surface area (Å²) in [6.45, 7) is 36.7. The van der Waals surface area contributed by atoms with Gasteiger partial charge in [-0.3, -0.25) is 57.7 Å². The van der Waals surface area contributed by atoms with Gasteiger partial charge in [-0.05, 0) is 158 Å². The first kappa shape index (κ1) is 96.6. The Kier molecular flexibility index (Phi) is 41.4. The molecule has 0 spiro atoms. The Morgan fingerprint density at radius 3 is 1.58 bits per heavy atom. The number of aliphatic hydroxyl groups is 2. The molecule has 612 valence electrons. The van der Waals surface area contributed by atoms with Crippen LogP contribution in [0, 0.1) is 41.4 Å². The van der Waals surface area contributed by atoms with Crippen molar-refractivity contribution in [3.63, 3.8) is 0 Å². The first-order valence-corrected chi connectivity index (χ1v) is 39.2. The second kappa shape index (κ2) is 46.2. The van der Waals surface area contributed by atoms with Crippen LogP contribution in [0.2, 0.25) is 5.02 Å². The molecule has 1 aromatic carbocycles. The molecular weight excluding hydrogens is 1400 g/mol. The number of nitrogens with one attached hydrogen (secondary N) is 5. The van der Waals surface area contributed by atoms with E-state index >= 15 is 9.59 Å². The Hall–Kier alpha value is -7.49. The molecule has 2 aromatic rings. The molecule has 108 heavy (non-hydrogen) atoms. The van der Waals surface area contributed by atoms with Gasteiger partial charge < -0.3 is 76.0 Å². The number of fused-ring (bicyclic) bond motifs is 1. The van der Waals surface area contributed by atoms with Crippen LogP contribution in [0.3, 0.4) is 0 Å². The van der Waals surface area contributed by atoms with Gasteiger partial charge in [0.15, 0.2) is 0 Å². The van der Waals surface area contributed by atoms with Crippen molar-refractivity contribution in [2.45, 2.75) is 255 Å². The fourth-order valence-electron chi connectivity index (χ4n) is 13.5. The van der Waals surface area contributed by atoms with E-state index in [4.69, 9.17) is 16.7 Å². The zero-order valence-electron chi connectivity index (χ0n) is 70.0. The van der Waals surface area contributed by atoms with Crippen molar-refractivity contribution in [1.29, 1.82) is 0 Å². The first-order chi connectivity index (χ1) is 50.3. The standard InChI is InChI=1S/C62H111N11O12.C18H26ClN3O/c1-25-27-28-40(15)52(75)51-56(79)65-43(26-2)58(81)67(18)33-48(74)68(19)44(29-34(3)4)55(78)66-49(38(11)12)61(84)69(20)45(30-35(5)6)54(77)63-41(16)53(76)64-42(17)57(80)70(21)46(31-36(7)8)59(82)71(22)47(32-37(9)10)60(83)72(23)50(39(13)14)62(85)73(51)24;1-3-22(11-12-23)10-4-5-14(2)21-17-8-9-20-18-13-15(19)6-7-16(17)18/h25,27,34-47,49-52,75H,26,28-33H2,1-24H3,(H,63,77)(H,64,76)(H,65,79)(H,66,78);6-9,13-14,23H,3-5,10-12H2,1-2H3,(H,20,21)/b27-25+;/t40-,41+,42-,43+,44+,45+,46+,47+,49+,50+,51+,52-;/m1./s1. The van der Waals surface area contributed by atoms with Gasteiger partial charge in [-0.1, -0.05) is 128 Å². The van der Waals surface area contributed by atoms with E-state index < -0.39 is 156 Å². The van der Waals surface area contributed by atoms with Gasteiger partial charge in [-0.2, -0.15) is 0 Å². The van der Waals surface area contributed by atoms with E-state index in [9.17, 15) is 48.3 Å². The van der Waals surface area contributed by atoms with Gasteiger partial charge >= 0.3 is 0 Å². The van der Waals surface area contributed by atoms with E-state index in [1.165, 1.54) is 87.7 Å². The number of rotatable bonds is 24. The molecule has 1 fully saturated rings. The number of hydrogen-bond acceptors (Lipinski definition) is 16. The molecule has 7 N–H and O–H groups in total. The maximum atomic E-state index is 15.1. The molecule has 2 heterocycles. The van der Waals surface area contributed by atoms with E-state index in [-0.39, 0.29) is 62.4 Å². The molecule has 1 aliphatic rings. The fourth-order valence-corrected chi connectivity index (χ4v) is 13.6. The van der Waals surface area contributed by atoms with E-state index in [0.29, 0.717) is 17.5 Å². The van der Waals surface area contributed by atoms with Gasteiger partial charge in [0.05, 0.1) is 24.8 Å². The highest BCUT2D eigenvalue weighted by Crippen LogP contribution is 2.28. The minimum atomic E-state index is -1.61. The van der Waals surface area contributed by atoms with E-state index in [0.717, 1.165) is 58.9 Å². The lowest BCUT2D eigenvalue weighted by molar-refractivity contribution is -0.157.